The average molecular weight is 236 g/mol. The van der Waals surface area contributed by atoms with Crippen molar-refractivity contribution in [3.8, 4) is 5.88 Å². The minimum atomic E-state index is 0.415. The number of likely N-dealkylation sites (tertiary alicyclic amines) is 1. The highest BCUT2D eigenvalue weighted by molar-refractivity contribution is 5.07. The first-order chi connectivity index (χ1) is 8.29. The van der Waals surface area contributed by atoms with Gasteiger partial charge in [0.05, 0.1) is 18.1 Å². The van der Waals surface area contributed by atoms with Gasteiger partial charge in [0.15, 0.2) is 0 Å². The van der Waals surface area contributed by atoms with Crippen molar-refractivity contribution < 1.29 is 4.74 Å². The number of hydrogen-bond donors (Lipinski definition) is 1. The summed E-state index contributed by atoms with van der Waals surface area (Å²) >= 11 is 0. The first-order valence-corrected chi connectivity index (χ1v) is 6.13. The highest BCUT2D eigenvalue weighted by atomic mass is 16.5. The summed E-state index contributed by atoms with van der Waals surface area (Å²) in [5.41, 5.74) is 6.24. The summed E-state index contributed by atoms with van der Waals surface area (Å²) in [5.74, 6) is 0.584. The van der Waals surface area contributed by atoms with E-state index in [2.05, 4.69) is 21.9 Å². The number of rotatable bonds is 4. The van der Waals surface area contributed by atoms with Crippen molar-refractivity contribution in [2.24, 2.45) is 5.73 Å². The largest absolute Gasteiger partial charge is 0.475 e. The van der Waals surface area contributed by atoms with Crippen LogP contribution < -0.4 is 10.5 Å². The molecule has 1 saturated heterocycles. The fourth-order valence-corrected chi connectivity index (χ4v) is 2.06. The second kappa shape index (κ2) is 5.93. The molecule has 0 amide bonds. The fraction of sp³-hybridized carbons (Fsp3) is 0.667. The Balaban J connectivity index is 1.84. The van der Waals surface area contributed by atoms with Crippen molar-refractivity contribution in [2.75, 3.05) is 20.2 Å². The molecule has 0 saturated carbocycles. The molecular weight excluding hydrogens is 216 g/mol. The lowest BCUT2D eigenvalue weighted by molar-refractivity contribution is 0.122. The van der Waals surface area contributed by atoms with E-state index in [-0.39, 0.29) is 0 Å². The van der Waals surface area contributed by atoms with Crippen LogP contribution in [0.3, 0.4) is 0 Å². The van der Waals surface area contributed by atoms with E-state index >= 15 is 0 Å². The zero-order valence-electron chi connectivity index (χ0n) is 10.3. The minimum absolute atomic E-state index is 0.415. The third-order valence-electron chi connectivity index (χ3n) is 3.24. The standard InChI is InChI=1S/C12H20N4O/c1-16-5-3-2-4-11(16)9-17-12-8-14-10(6-13)7-15-12/h7-8,11H,2-6,9,13H2,1H3. The Kier molecular flexibility index (Phi) is 4.28. The monoisotopic (exact) mass is 236 g/mol. The van der Waals surface area contributed by atoms with E-state index in [9.17, 15) is 0 Å². The second-order valence-electron chi connectivity index (χ2n) is 4.49. The van der Waals surface area contributed by atoms with Crippen LogP contribution in [0.15, 0.2) is 12.4 Å². The van der Waals surface area contributed by atoms with Crippen LogP contribution in [0.2, 0.25) is 0 Å². The molecule has 2 heterocycles. The van der Waals surface area contributed by atoms with Crippen molar-refractivity contribution >= 4 is 0 Å². The average Bonchev–Trinajstić information content (AvgIpc) is 2.38. The van der Waals surface area contributed by atoms with E-state index in [1.54, 1.807) is 12.4 Å². The number of ether oxygens (including phenoxy) is 1. The lowest BCUT2D eigenvalue weighted by Crippen LogP contribution is -2.40. The number of nitrogens with two attached hydrogens (primary N) is 1. The Hall–Kier alpha value is -1.20. The summed E-state index contributed by atoms with van der Waals surface area (Å²) in [5, 5.41) is 0. The normalized spacial score (nSPS) is 21.4. The number of hydrogen-bond acceptors (Lipinski definition) is 5. The Morgan fingerprint density at radius 1 is 1.41 bits per heavy atom. The summed E-state index contributed by atoms with van der Waals surface area (Å²) in [6.07, 6.45) is 7.09. The molecule has 0 aromatic carbocycles. The highest BCUT2D eigenvalue weighted by Gasteiger charge is 2.19. The second-order valence-corrected chi connectivity index (χ2v) is 4.49. The molecule has 5 heteroatoms. The Morgan fingerprint density at radius 3 is 2.94 bits per heavy atom. The van der Waals surface area contributed by atoms with Crippen LogP contribution in [-0.2, 0) is 6.54 Å². The van der Waals surface area contributed by atoms with Crippen molar-refractivity contribution in [3.63, 3.8) is 0 Å². The molecule has 2 rings (SSSR count). The van der Waals surface area contributed by atoms with Gasteiger partial charge < -0.3 is 15.4 Å². The SMILES string of the molecule is CN1CCCCC1COc1cnc(CN)cn1. The van der Waals surface area contributed by atoms with Gasteiger partial charge in [-0.3, -0.25) is 4.98 Å². The van der Waals surface area contributed by atoms with E-state index in [4.69, 9.17) is 10.5 Å². The molecule has 1 fully saturated rings. The number of piperidine rings is 1. The third-order valence-corrected chi connectivity index (χ3v) is 3.24. The molecule has 0 radical (unpaired) electrons. The van der Waals surface area contributed by atoms with E-state index in [0.717, 1.165) is 12.2 Å². The molecule has 0 spiro atoms. The van der Waals surface area contributed by atoms with Crippen LogP contribution in [0.1, 0.15) is 25.0 Å². The van der Waals surface area contributed by atoms with Gasteiger partial charge in [0.25, 0.3) is 0 Å². The maximum absolute atomic E-state index is 5.66. The van der Waals surface area contributed by atoms with Crippen molar-refractivity contribution in [2.45, 2.75) is 31.8 Å². The van der Waals surface area contributed by atoms with Crippen LogP contribution in [0.25, 0.3) is 0 Å². The van der Waals surface area contributed by atoms with Gasteiger partial charge in [0.2, 0.25) is 5.88 Å². The minimum Gasteiger partial charge on any atom is -0.475 e. The lowest BCUT2D eigenvalue weighted by atomic mass is 10.0. The Bertz CT molecular complexity index is 341. The smallest absolute Gasteiger partial charge is 0.232 e. The maximum atomic E-state index is 5.66. The van der Waals surface area contributed by atoms with Crippen LogP contribution >= 0.6 is 0 Å². The summed E-state index contributed by atoms with van der Waals surface area (Å²) < 4.78 is 5.66. The number of aromatic nitrogens is 2. The predicted molar refractivity (Wildman–Crippen MR) is 65.7 cm³/mol. The first kappa shape index (κ1) is 12.3. The molecule has 17 heavy (non-hydrogen) atoms. The molecule has 0 bridgehead atoms. The van der Waals surface area contributed by atoms with Gasteiger partial charge in [-0.1, -0.05) is 6.42 Å². The number of likely N-dealkylation sites (N-methyl/N-ethyl adjacent to an activating group) is 1. The third kappa shape index (κ3) is 3.38. The van der Waals surface area contributed by atoms with Crippen LogP contribution in [0, 0.1) is 0 Å². The Labute approximate surface area is 102 Å². The molecule has 5 nitrogen and oxygen atoms in total. The van der Waals surface area contributed by atoms with Gasteiger partial charge in [0.1, 0.15) is 6.61 Å². The van der Waals surface area contributed by atoms with Crippen molar-refractivity contribution in [3.05, 3.63) is 18.1 Å². The summed E-state index contributed by atoms with van der Waals surface area (Å²) in [6, 6.07) is 0.500. The van der Waals surface area contributed by atoms with Gasteiger partial charge in [-0.2, -0.15) is 0 Å². The van der Waals surface area contributed by atoms with Crippen molar-refractivity contribution in [1.82, 2.24) is 14.9 Å². The molecule has 1 atom stereocenters. The van der Waals surface area contributed by atoms with Crippen LogP contribution in [-0.4, -0.2) is 41.1 Å². The van der Waals surface area contributed by atoms with E-state index in [1.807, 2.05) is 0 Å². The highest BCUT2D eigenvalue weighted by Crippen LogP contribution is 2.16. The van der Waals surface area contributed by atoms with E-state index in [0.29, 0.717) is 25.1 Å². The van der Waals surface area contributed by atoms with Gasteiger partial charge >= 0.3 is 0 Å². The first-order valence-electron chi connectivity index (χ1n) is 6.13. The van der Waals surface area contributed by atoms with Gasteiger partial charge in [0, 0.05) is 12.6 Å². The number of nitrogens with zero attached hydrogens (tertiary/aromatic N) is 3. The molecule has 1 aromatic heterocycles. The molecule has 1 unspecified atom stereocenters. The zero-order valence-corrected chi connectivity index (χ0v) is 10.3. The summed E-state index contributed by atoms with van der Waals surface area (Å²) in [6.45, 7) is 2.26. The van der Waals surface area contributed by atoms with Gasteiger partial charge in [-0.05, 0) is 26.4 Å². The van der Waals surface area contributed by atoms with Crippen LogP contribution in [0.4, 0.5) is 0 Å². The molecular formula is C12H20N4O. The molecule has 2 N–H and O–H groups in total. The van der Waals surface area contributed by atoms with Crippen molar-refractivity contribution in [1.29, 1.82) is 0 Å². The lowest BCUT2D eigenvalue weighted by Gasteiger charge is -2.31. The molecule has 1 aliphatic heterocycles. The summed E-state index contributed by atoms with van der Waals surface area (Å²) in [7, 11) is 2.15. The fourth-order valence-electron chi connectivity index (χ4n) is 2.06. The maximum Gasteiger partial charge on any atom is 0.232 e. The quantitative estimate of drug-likeness (QED) is 0.837. The molecule has 1 aliphatic rings. The van der Waals surface area contributed by atoms with E-state index < -0.39 is 0 Å². The Morgan fingerprint density at radius 2 is 2.29 bits per heavy atom. The summed E-state index contributed by atoms with van der Waals surface area (Å²) in [4.78, 5) is 10.7. The van der Waals surface area contributed by atoms with E-state index in [1.165, 1.54) is 19.3 Å². The van der Waals surface area contributed by atoms with Crippen LogP contribution in [0.5, 0.6) is 5.88 Å². The molecule has 94 valence electrons. The molecule has 0 aliphatic carbocycles. The topological polar surface area (TPSA) is 64.3 Å². The predicted octanol–water partition coefficient (Wildman–Crippen LogP) is 0.798. The van der Waals surface area contributed by atoms with Gasteiger partial charge in [-0.25, -0.2) is 4.98 Å². The zero-order chi connectivity index (χ0) is 12.1. The van der Waals surface area contributed by atoms with Gasteiger partial charge in [-0.15, -0.1) is 0 Å². The molecule has 1 aromatic rings.